The summed E-state index contributed by atoms with van der Waals surface area (Å²) in [5, 5.41) is 14.4. The number of rotatable bonds is 9. The lowest BCUT2D eigenvalue weighted by Crippen LogP contribution is -2.45. The molecule has 0 aliphatic heterocycles. The Morgan fingerprint density at radius 3 is 2.44 bits per heavy atom. The molecule has 39 heavy (non-hydrogen) atoms. The molecule has 0 spiro atoms. The minimum atomic E-state index is -1.28. The van der Waals surface area contributed by atoms with Gasteiger partial charge in [-0.1, -0.05) is 36.4 Å². The summed E-state index contributed by atoms with van der Waals surface area (Å²) in [6.45, 7) is 1.96. The van der Waals surface area contributed by atoms with Gasteiger partial charge >= 0.3 is 5.97 Å². The number of hydrogen-bond acceptors (Lipinski definition) is 8. The Morgan fingerprint density at radius 2 is 1.82 bits per heavy atom. The van der Waals surface area contributed by atoms with E-state index in [-0.39, 0.29) is 37.0 Å². The van der Waals surface area contributed by atoms with Crippen molar-refractivity contribution in [3.8, 4) is 22.4 Å². The number of nitrogens with two attached hydrogens (primary N) is 1. The molecule has 0 amide bonds. The molecular weight excluding hydrogens is 498 g/mol. The third-order valence-corrected chi connectivity index (χ3v) is 7.44. The smallest absolute Gasteiger partial charge is 0.335 e. The number of anilines is 1. The molecule has 0 saturated heterocycles. The number of pyridine rings is 1. The van der Waals surface area contributed by atoms with Gasteiger partial charge in [-0.2, -0.15) is 9.61 Å². The summed E-state index contributed by atoms with van der Waals surface area (Å²) < 4.78 is 12.3. The molecule has 5 rings (SSSR count). The zero-order valence-corrected chi connectivity index (χ0v) is 22.0. The second-order valence-corrected chi connectivity index (χ2v) is 9.82. The van der Waals surface area contributed by atoms with Crippen LogP contribution in [0.25, 0.3) is 28.0 Å². The largest absolute Gasteiger partial charge is 0.479 e. The van der Waals surface area contributed by atoms with E-state index in [0.717, 1.165) is 22.4 Å². The van der Waals surface area contributed by atoms with E-state index in [0.29, 0.717) is 36.4 Å². The molecule has 1 aromatic carbocycles. The predicted molar refractivity (Wildman–Crippen MR) is 145 cm³/mol. The zero-order chi connectivity index (χ0) is 27.6. The van der Waals surface area contributed by atoms with Crippen molar-refractivity contribution in [1.82, 2.24) is 19.6 Å². The van der Waals surface area contributed by atoms with Crippen LogP contribution in [0.2, 0.25) is 0 Å². The first kappa shape index (κ1) is 26.5. The van der Waals surface area contributed by atoms with E-state index < -0.39 is 11.6 Å². The number of carbonyl (C=O) groups excluding carboxylic acids is 1. The number of methoxy groups -OCH3 is 1. The van der Waals surface area contributed by atoms with E-state index in [9.17, 15) is 14.7 Å². The summed E-state index contributed by atoms with van der Waals surface area (Å²) in [4.78, 5) is 34.4. The number of aromatic nitrogens is 4. The number of aliphatic carboxylic acids is 1. The highest BCUT2D eigenvalue weighted by molar-refractivity contribution is 6.00. The predicted octanol–water partition coefficient (Wildman–Crippen LogP) is 4.39. The lowest BCUT2D eigenvalue weighted by atomic mass is 9.76. The van der Waals surface area contributed by atoms with E-state index in [2.05, 4.69) is 10.1 Å². The van der Waals surface area contributed by atoms with Gasteiger partial charge in [0.05, 0.1) is 36.4 Å². The van der Waals surface area contributed by atoms with E-state index >= 15 is 0 Å². The average Bonchev–Trinajstić information content (AvgIpc) is 3.38. The Balaban J connectivity index is 1.50. The van der Waals surface area contributed by atoms with Gasteiger partial charge in [0.2, 0.25) is 0 Å². The molecule has 1 aliphatic carbocycles. The molecule has 0 radical (unpaired) electrons. The van der Waals surface area contributed by atoms with Crippen LogP contribution in [0, 0.1) is 0 Å². The summed E-state index contributed by atoms with van der Waals surface area (Å²) >= 11 is 0. The summed E-state index contributed by atoms with van der Waals surface area (Å²) in [5.74, 6) is -1.14. The quantitative estimate of drug-likeness (QED) is 0.238. The van der Waals surface area contributed by atoms with Crippen LogP contribution in [-0.4, -0.2) is 62.4 Å². The first-order chi connectivity index (χ1) is 18.8. The molecule has 202 valence electrons. The van der Waals surface area contributed by atoms with Gasteiger partial charge in [0, 0.05) is 35.9 Å². The van der Waals surface area contributed by atoms with Gasteiger partial charge in [-0.3, -0.25) is 9.78 Å². The maximum atomic E-state index is 12.7. The molecule has 10 heteroatoms. The van der Waals surface area contributed by atoms with Crippen molar-refractivity contribution in [1.29, 1.82) is 0 Å². The Kier molecular flexibility index (Phi) is 7.40. The van der Waals surface area contributed by atoms with Crippen LogP contribution < -0.4 is 5.73 Å². The van der Waals surface area contributed by atoms with Gasteiger partial charge in [-0.05, 0) is 38.7 Å². The van der Waals surface area contributed by atoms with Gasteiger partial charge in [0.25, 0.3) is 0 Å². The minimum Gasteiger partial charge on any atom is -0.479 e. The molecule has 10 nitrogen and oxygen atoms in total. The van der Waals surface area contributed by atoms with Crippen molar-refractivity contribution in [2.75, 3.05) is 26.1 Å². The van der Waals surface area contributed by atoms with Crippen LogP contribution in [0.5, 0.6) is 0 Å². The van der Waals surface area contributed by atoms with Gasteiger partial charge in [0.15, 0.2) is 17.0 Å². The molecule has 3 aromatic heterocycles. The molecule has 0 unspecified atom stereocenters. The van der Waals surface area contributed by atoms with Crippen LogP contribution >= 0.6 is 0 Å². The minimum absolute atomic E-state index is 0.156. The van der Waals surface area contributed by atoms with Crippen molar-refractivity contribution in [3.05, 3.63) is 66.1 Å². The standard InChI is InChI=1S/C29H31N5O5/c1-18(35)24-25(20-10-12-29(13-11-20,28(36)37)39-15-14-38-2)33-27-22(17-32-34(27)26(24)30)21-8-9-23(31-16-21)19-6-4-3-5-7-19/h3-9,16-17,20H,10-15,30H2,1-2H3,(H,36,37)/t20-,29+. The van der Waals surface area contributed by atoms with E-state index in [1.165, 1.54) is 11.4 Å². The number of carbonyl (C=O) groups is 2. The van der Waals surface area contributed by atoms with E-state index in [4.69, 9.17) is 20.2 Å². The Morgan fingerprint density at radius 1 is 1.08 bits per heavy atom. The highest BCUT2D eigenvalue weighted by Crippen LogP contribution is 2.42. The Hall–Kier alpha value is -4.15. The van der Waals surface area contributed by atoms with Crippen molar-refractivity contribution < 1.29 is 24.2 Å². The molecule has 3 heterocycles. The number of ether oxygens (including phenoxy) is 2. The van der Waals surface area contributed by atoms with E-state index in [1.54, 1.807) is 19.5 Å². The molecule has 1 fully saturated rings. The Bertz CT molecular complexity index is 1490. The summed E-state index contributed by atoms with van der Waals surface area (Å²) in [6.07, 6.45) is 4.99. The molecule has 0 atom stereocenters. The van der Waals surface area contributed by atoms with Crippen molar-refractivity contribution in [3.63, 3.8) is 0 Å². The third kappa shape index (κ3) is 5.00. The number of benzene rings is 1. The number of fused-ring (bicyclic) bond motifs is 1. The SMILES string of the molecule is COCCO[C@]1(C(=O)O)CC[C@H](c2nc3c(-c4ccc(-c5ccccc5)nc4)cnn3c(N)c2C(C)=O)CC1. The number of carboxylic acids is 1. The van der Waals surface area contributed by atoms with Gasteiger partial charge < -0.3 is 20.3 Å². The summed E-state index contributed by atoms with van der Waals surface area (Å²) in [5.41, 5.74) is 10.0. The summed E-state index contributed by atoms with van der Waals surface area (Å²) in [7, 11) is 1.54. The third-order valence-electron chi connectivity index (χ3n) is 7.44. The molecule has 1 saturated carbocycles. The number of carboxylic acid groups (broad SMARTS) is 1. The molecule has 3 N–H and O–H groups in total. The molecular formula is C29H31N5O5. The van der Waals surface area contributed by atoms with Crippen LogP contribution in [0.15, 0.2) is 54.9 Å². The van der Waals surface area contributed by atoms with Crippen molar-refractivity contribution >= 4 is 23.2 Å². The highest BCUT2D eigenvalue weighted by atomic mass is 16.5. The van der Waals surface area contributed by atoms with Crippen molar-refractivity contribution in [2.45, 2.75) is 44.1 Å². The fourth-order valence-corrected chi connectivity index (χ4v) is 5.32. The van der Waals surface area contributed by atoms with Crippen LogP contribution in [-0.2, 0) is 14.3 Å². The lowest BCUT2D eigenvalue weighted by molar-refractivity contribution is -0.173. The number of nitrogens with zero attached hydrogens (tertiary/aromatic N) is 4. The number of Topliss-reactive ketones (excluding diaryl/α,β-unsaturated/α-hetero) is 1. The van der Waals surface area contributed by atoms with Gasteiger partial charge in [0.1, 0.15) is 5.82 Å². The maximum Gasteiger partial charge on any atom is 0.335 e. The molecule has 0 bridgehead atoms. The summed E-state index contributed by atoms with van der Waals surface area (Å²) in [6, 6.07) is 13.8. The maximum absolute atomic E-state index is 12.7. The first-order valence-corrected chi connectivity index (χ1v) is 12.9. The van der Waals surface area contributed by atoms with Crippen LogP contribution in [0.3, 0.4) is 0 Å². The Labute approximate surface area is 225 Å². The monoisotopic (exact) mass is 529 g/mol. The van der Waals surface area contributed by atoms with Crippen LogP contribution in [0.4, 0.5) is 5.82 Å². The number of ketones is 1. The van der Waals surface area contributed by atoms with Crippen LogP contribution in [0.1, 0.15) is 54.6 Å². The normalized spacial score (nSPS) is 19.3. The average molecular weight is 530 g/mol. The zero-order valence-electron chi connectivity index (χ0n) is 22.0. The topological polar surface area (TPSA) is 142 Å². The second kappa shape index (κ2) is 10.9. The molecule has 1 aliphatic rings. The molecule has 4 aromatic rings. The fraction of sp³-hybridized carbons (Fsp3) is 0.345. The van der Waals surface area contributed by atoms with Crippen molar-refractivity contribution in [2.24, 2.45) is 0 Å². The van der Waals surface area contributed by atoms with Gasteiger partial charge in [-0.25, -0.2) is 9.78 Å². The lowest BCUT2D eigenvalue weighted by Gasteiger charge is -2.37. The number of nitrogen functional groups attached to an aromatic ring is 1. The van der Waals surface area contributed by atoms with Gasteiger partial charge in [-0.15, -0.1) is 0 Å². The fourth-order valence-electron chi connectivity index (χ4n) is 5.32. The highest BCUT2D eigenvalue weighted by Gasteiger charge is 2.44. The van der Waals surface area contributed by atoms with E-state index in [1.807, 2.05) is 42.5 Å². The second-order valence-electron chi connectivity index (χ2n) is 9.82. The first-order valence-electron chi connectivity index (χ1n) is 12.9. The number of hydrogen-bond donors (Lipinski definition) is 2.